The van der Waals surface area contributed by atoms with Crippen molar-refractivity contribution in [3.05, 3.63) is 17.1 Å². The molecule has 0 saturated heterocycles. The van der Waals surface area contributed by atoms with E-state index < -0.39 is 5.97 Å². The first-order valence-corrected chi connectivity index (χ1v) is 4.87. The number of thiazole rings is 1. The lowest BCUT2D eigenvalue weighted by molar-refractivity contribution is 0.0557. The Labute approximate surface area is 88.9 Å². The molecule has 0 radical (unpaired) electrons. The highest BCUT2D eigenvalue weighted by molar-refractivity contribution is 7.14. The standard InChI is InChI=1S/C8H7N3O3S/c1-4-9-3-5(15-4)6-10-11-7(14-6)8(12)13-2/h3H,1-2H3. The third kappa shape index (κ3) is 1.86. The van der Waals surface area contributed by atoms with E-state index in [0.717, 1.165) is 9.88 Å². The number of esters is 1. The van der Waals surface area contributed by atoms with E-state index in [4.69, 9.17) is 4.42 Å². The van der Waals surface area contributed by atoms with Crippen LogP contribution in [0.1, 0.15) is 15.7 Å². The summed E-state index contributed by atoms with van der Waals surface area (Å²) in [5.74, 6) is -0.519. The molecule has 0 aromatic carbocycles. The maximum Gasteiger partial charge on any atom is 0.396 e. The lowest BCUT2D eigenvalue weighted by atomic mass is 10.5. The molecule has 2 heterocycles. The van der Waals surface area contributed by atoms with Gasteiger partial charge in [-0.2, -0.15) is 0 Å². The van der Waals surface area contributed by atoms with Crippen molar-refractivity contribution in [2.75, 3.05) is 7.11 Å². The van der Waals surface area contributed by atoms with E-state index >= 15 is 0 Å². The fourth-order valence-corrected chi connectivity index (χ4v) is 1.65. The number of aromatic nitrogens is 3. The van der Waals surface area contributed by atoms with E-state index in [1.807, 2.05) is 6.92 Å². The molecule has 15 heavy (non-hydrogen) atoms. The van der Waals surface area contributed by atoms with Crippen LogP contribution in [0, 0.1) is 6.92 Å². The van der Waals surface area contributed by atoms with Crippen LogP contribution in [-0.2, 0) is 4.74 Å². The molecule has 0 amide bonds. The highest BCUT2D eigenvalue weighted by Crippen LogP contribution is 2.24. The second-order valence-corrected chi connectivity index (χ2v) is 3.88. The van der Waals surface area contributed by atoms with Crippen LogP contribution >= 0.6 is 11.3 Å². The first-order chi connectivity index (χ1) is 7.20. The van der Waals surface area contributed by atoms with E-state index in [1.165, 1.54) is 18.4 Å². The smallest absolute Gasteiger partial charge is 0.396 e. The molecule has 0 atom stereocenters. The summed E-state index contributed by atoms with van der Waals surface area (Å²) in [7, 11) is 1.25. The fourth-order valence-electron chi connectivity index (χ4n) is 0.953. The van der Waals surface area contributed by atoms with Gasteiger partial charge in [-0.15, -0.1) is 21.5 Å². The lowest BCUT2D eigenvalue weighted by Crippen LogP contribution is -2.00. The van der Waals surface area contributed by atoms with Crippen LogP contribution in [-0.4, -0.2) is 28.3 Å². The zero-order valence-electron chi connectivity index (χ0n) is 8.05. The van der Waals surface area contributed by atoms with Crippen molar-refractivity contribution in [3.8, 4) is 10.8 Å². The van der Waals surface area contributed by atoms with Gasteiger partial charge in [-0.3, -0.25) is 0 Å². The minimum atomic E-state index is -0.644. The number of hydrogen-bond acceptors (Lipinski definition) is 7. The third-order valence-electron chi connectivity index (χ3n) is 1.62. The number of hydrogen-bond donors (Lipinski definition) is 0. The number of carbonyl (C=O) groups is 1. The molecular formula is C8H7N3O3S. The van der Waals surface area contributed by atoms with Crippen molar-refractivity contribution >= 4 is 17.3 Å². The van der Waals surface area contributed by atoms with Crippen molar-refractivity contribution in [3.63, 3.8) is 0 Å². The molecule has 78 valence electrons. The summed E-state index contributed by atoms with van der Waals surface area (Å²) in [6, 6.07) is 0. The van der Waals surface area contributed by atoms with Crippen LogP contribution in [0.15, 0.2) is 10.6 Å². The van der Waals surface area contributed by atoms with E-state index in [-0.39, 0.29) is 11.8 Å². The highest BCUT2D eigenvalue weighted by atomic mass is 32.1. The van der Waals surface area contributed by atoms with Crippen LogP contribution in [0.4, 0.5) is 0 Å². The second-order valence-electron chi connectivity index (χ2n) is 2.65. The number of rotatable bonds is 2. The first-order valence-electron chi connectivity index (χ1n) is 4.05. The van der Waals surface area contributed by atoms with Gasteiger partial charge < -0.3 is 9.15 Å². The molecule has 0 saturated carbocycles. The monoisotopic (exact) mass is 225 g/mol. The van der Waals surface area contributed by atoms with Crippen molar-refractivity contribution in [1.82, 2.24) is 15.2 Å². The summed E-state index contributed by atoms with van der Waals surface area (Å²) < 4.78 is 9.55. The lowest BCUT2D eigenvalue weighted by Gasteiger charge is -1.89. The Hall–Kier alpha value is -1.76. The highest BCUT2D eigenvalue weighted by Gasteiger charge is 2.17. The Morgan fingerprint density at radius 1 is 1.53 bits per heavy atom. The number of ether oxygens (including phenoxy) is 1. The van der Waals surface area contributed by atoms with Crippen LogP contribution in [0.2, 0.25) is 0 Å². The summed E-state index contributed by atoms with van der Waals surface area (Å²) in [6.45, 7) is 1.87. The minimum absolute atomic E-state index is 0.154. The molecule has 0 fully saturated rings. The Morgan fingerprint density at radius 2 is 2.33 bits per heavy atom. The molecule has 0 unspecified atom stereocenters. The maximum absolute atomic E-state index is 11.0. The largest absolute Gasteiger partial charge is 0.462 e. The molecule has 0 aliphatic rings. The Bertz CT molecular complexity index is 491. The van der Waals surface area contributed by atoms with Crippen molar-refractivity contribution in [2.45, 2.75) is 6.92 Å². The minimum Gasteiger partial charge on any atom is -0.462 e. The summed E-state index contributed by atoms with van der Waals surface area (Å²) in [5, 5.41) is 8.17. The number of nitrogens with zero attached hydrogens (tertiary/aromatic N) is 3. The maximum atomic E-state index is 11.0. The molecule has 0 aliphatic heterocycles. The SMILES string of the molecule is COC(=O)c1nnc(-c2cnc(C)s2)o1. The van der Waals surface area contributed by atoms with Gasteiger partial charge >= 0.3 is 11.9 Å². The summed E-state index contributed by atoms with van der Waals surface area (Å²) in [4.78, 5) is 15.8. The number of aryl methyl sites for hydroxylation is 1. The van der Waals surface area contributed by atoms with Crippen molar-refractivity contribution in [2.24, 2.45) is 0 Å². The molecule has 6 nitrogen and oxygen atoms in total. The molecule has 2 aromatic rings. The third-order valence-corrected chi connectivity index (χ3v) is 2.52. The van der Waals surface area contributed by atoms with Gasteiger partial charge in [0, 0.05) is 0 Å². The molecule has 0 bridgehead atoms. The average Bonchev–Trinajstić information content (AvgIpc) is 2.84. The van der Waals surface area contributed by atoms with E-state index in [9.17, 15) is 4.79 Å². The topological polar surface area (TPSA) is 78.1 Å². The summed E-state index contributed by atoms with van der Waals surface area (Å²) in [5.41, 5.74) is 0. The van der Waals surface area contributed by atoms with Crippen LogP contribution in [0.3, 0.4) is 0 Å². The van der Waals surface area contributed by atoms with Crippen LogP contribution < -0.4 is 0 Å². The Morgan fingerprint density at radius 3 is 2.93 bits per heavy atom. The normalized spacial score (nSPS) is 10.3. The van der Waals surface area contributed by atoms with Gasteiger partial charge in [-0.1, -0.05) is 0 Å². The van der Waals surface area contributed by atoms with Gasteiger partial charge in [0.2, 0.25) is 0 Å². The predicted octanol–water partition coefficient (Wildman–Crippen LogP) is 1.29. The van der Waals surface area contributed by atoms with Gasteiger partial charge in [0.25, 0.3) is 5.89 Å². The van der Waals surface area contributed by atoms with Gasteiger partial charge in [0.05, 0.1) is 18.3 Å². The van der Waals surface area contributed by atoms with Crippen molar-refractivity contribution < 1.29 is 13.9 Å². The van der Waals surface area contributed by atoms with Gasteiger partial charge in [-0.05, 0) is 6.92 Å². The number of methoxy groups -OCH3 is 1. The molecule has 0 N–H and O–H groups in total. The van der Waals surface area contributed by atoms with Gasteiger partial charge in [0.15, 0.2) is 0 Å². The average molecular weight is 225 g/mol. The molecule has 0 spiro atoms. The molecule has 2 rings (SSSR count). The van der Waals surface area contributed by atoms with E-state index in [0.29, 0.717) is 0 Å². The summed E-state index contributed by atoms with van der Waals surface area (Å²) in [6.07, 6.45) is 1.62. The van der Waals surface area contributed by atoms with Crippen molar-refractivity contribution in [1.29, 1.82) is 0 Å². The molecule has 0 aliphatic carbocycles. The van der Waals surface area contributed by atoms with Gasteiger partial charge in [-0.25, -0.2) is 9.78 Å². The molecular weight excluding hydrogens is 218 g/mol. The Kier molecular flexibility index (Phi) is 2.46. The van der Waals surface area contributed by atoms with Crippen LogP contribution in [0.25, 0.3) is 10.8 Å². The molecule has 2 aromatic heterocycles. The Balaban J connectivity index is 2.31. The summed E-state index contributed by atoms with van der Waals surface area (Å²) >= 11 is 1.41. The quantitative estimate of drug-likeness (QED) is 0.716. The van der Waals surface area contributed by atoms with E-state index in [2.05, 4.69) is 19.9 Å². The number of carbonyl (C=O) groups excluding carboxylic acids is 1. The second kappa shape index (κ2) is 3.77. The predicted molar refractivity (Wildman–Crippen MR) is 51.5 cm³/mol. The zero-order valence-corrected chi connectivity index (χ0v) is 8.87. The fraction of sp³-hybridized carbons (Fsp3) is 0.250. The first kappa shape index (κ1) is 9.78. The van der Waals surface area contributed by atoms with Gasteiger partial charge in [0.1, 0.15) is 4.88 Å². The van der Waals surface area contributed by atoms with E-state index in [1.54, 1.807) is 6.20 Å². The van der Waals surface area contributed by atoms with Crippen LogP contribution in [0.5, 0.6) is 0 Å². The molecule has 7 heteroatoms. The zero-order chi connectivity index (χ0) is 10.8.